The van der Waals surface area contributed by atoms with Gasteiger partial charge in [-0.3, -0.25) is 19.5 Å². The molecule has 1 aromatic heterocycles. The Morgan fingerprint density at radius 1 is 1.12 bits per heavy atom. The predicted octanol–water partition coefficient (Wildman–Crippen LogP) is 2.77. The zero-order valence-electron chi connectivity index (χ0n) is 11.6. The van der Waals surface area contributed by atoms with Gasteiger partial charge in [-0.05, 0) is 12.1 Å². The normalized spacial score (nSPS) is 11.6. The molecule has 0 saturated heterocycles. The quantitative estimate of drug-likeness (QED) is 0.589. The van der Waals surface area contributed by atoms with Gasteiger partial charge in [0.1, 0.15) is 15.7 Å². The predicted molar refractivity (Wildman–Crippen MR) is 79.0 cm³/mol. The minimum Gasteiger partial charge on any atom is -0.292 e. The first-order valence-corrected chi connectivity index (χ1v) is 6.75. The van der Waals surface area contributed by atoms with Crippen molar-refractivity contribution in [1.29, 1.82) is 0 Å². The van der Waals surface area contributed by atoms with Crippen LogP contribution in [0.5, 0.6) is 0 Å². The fraction of sp³-hybridized carbons (Fsp3) is 0.167. The largest absolute Gasteiger partial charge is 0.431 e. The van der Waals surface area contributed by atoms with Crippen LogP contribution >= 0.6 is 23.2 Å². The van der Waals surface area contributed by atoms with Crippen molar-refractivity contribution < 1.29 is 18.1 Å². The summed E-state index contributed by atoms with van der Waals surface area (Å²) >= 11 is 11.4. The molecule has 128 valence electrons. The van der Waals surface area contributed by atoms with Crippen LogP contribution in [0.15, 0.2) is 27.8 Å². The smallest absolute Gasteiger partial charge is 0.292 e. The lowest BCUT2D eigenvalue weighted by Crippen LogP contribution is -2.40. The van der Waals surface area contributed by atoms with Crippen LogP contribution in [0.1, 0.15) is 5.69 Å². The SMILES string of the molecule is Cn1c(C(F)(F)F)cc(=O)n(-c2cc(Cl)c([N+](=O)[O-])c(Cl)c2)c1=O. The lowest BCUT2D eigenvalue weighted by Gasteiger charge is -2.14. The molecule has 2 rings (SSSR count). The van der Waals surface area contributed by atoms with Crippen molar-refractivity contribution in [3.63, 3.8) is 0 Å². The van der Waals surface area contributed by atoms with Gasteiger partial charge in [0.25, 0.3) is 5.56 Å². The number of halogens is 5. The van der Waals surface area contributed by atoms with Crippen molar-refractivity contribution in [1.82, 2.24) is 9.13 Å². The van der Waals surface area contributed by atoms with Crippen LogP contribution < -0.4 is 11.2 Å². The van der Waals surface area contributed by atoms with Crippen LogP contribution in [-0.2, 0) is 13.2 Å². The molecule has 0 saturated carbocycles. The molecule has 0 spiro atoms. The molecule has 12 heteroatoms. The molecule has 24 heavy (non-hydrogen) atoms. The Bertz CT molecular complexity index is 942. The van der Waals surface area contributed by atoms with E-state index in [4.69, 9.17) is 23.2 Å². The van der Waals surface area contributed by atoms with Crippen molar-refractivity contribution in [2.45, 2.75) is 6.18 Å². The highest BCUT2D eigenvalue weighted by atomic mass is 35.5. The van der Waals surface area contributed by atoms with Gasteiger partial charge in [-0.15, -0.1) is 0 Å². The first kappa shape index (κ1) is 18.0. The lowest BCUT2D eigenvalue weighted by atomic mass is 10.2. The third-order valence-corrected chi connectivity index (χ3v) is 3.63. The number of aromatic nitrogens is 2. The van der Waals surface area contributed by atoms with Gasteiger partial charge in [0.2, 0.25) is 0 Å². The maximum absolute atomic E-state index is 12.8. The third-order valence-electron chi connectivity index (χ3n) is 3.05. The van der Waals surface area contributed by atoms with E-state index in [0.29, 0.717) is 4.57 Å². The summed E-state index contributed by atoms with van der Waals surface area (Å²) in [6.07, 6.45) is -4.91. The second-order valence-electron chi connectivity index (χ2n) is 4.56. The van der Waals surface area contributed by atoms with Crippen molar-refractivity contribution in [3.8, 4) is 5.69 Å². The summed E-state index contributed by atoms with van der Waals surface area (Å²) in [6, 6.07) is 2.01. The van der Waals surface area contributed by atoms with Gasteiger partial charge in [-0.2, -0.15) is 13.2 Å². The number of nitro groups is 1. The van der Waals surface area contributed by atoms with Gasteiger partial charge < -0.3 is 0 Å². The minimum atomic E-state index is -4.91. The Morgan fingerprint density at radius 3 is 2.04 bits per heavy atom. The third kappa shape index (κ3) is 3.02. The topological polar surface area (TPSA) is 87.1 Å². The zero-order chi connectivity index (χ0) is 18.4. The molecule has 0 amide bonds. The Morgan fingerprint density at radius 2 is 1.62 bits per heavy atom. The van der Waals surface area contributed by atoms with Crippen LogP contribution in [-0.4, -0.2) is 14.1 Å². The molecule has 0 aliphatic rings. The van der Waals surface area contributed by atoms with E-state index >= 15 is 0 Å². The molecular weight excluding hydrogens is 378 g/mol. The molecule has 7 nitrogen and oxygen atoms in total. The number of hydrogen-bond acceptors (Lipinski definition) is 4. The number of rotatable bonds is 2. The Labute approximate surface area is 140 Å². The summed E-state index contributed by atoms with van der Waals surface area (Å²) in [6.45, 7) is 0. The molecule has 0 aliphatic carbocycles. The van der Waals surface area contributed by atoms with Crippen molar-refractivity contribution >= 4 is 28.9 Å². The molecule has 0 aliphatic heterocycles. The molecule has 0 atom stereocenters. The van der Waals surface area contributed by atoms with E-state index in [1.165, 1.54) is 0 Å². The van der Waals surface area contributed by atoms with E-state index in [1.807, 2.05) is 0 Å². The van der Waals surface area contributed by atoms with Gasteiger partial charge in [-0.25, -0.2) is 9.36 Å². The first-order valence-electron chi connectivity index (χ1n) is 5.99. The summed E-state index contributed by atoms with van der Waals surface area (Å²) in [5.74, 6) is 0. The number of benzene rings is 1. The van der Waals surface area contributed by atoms with Crippen molar-refractivity contribution in [3.05, 3.63) is 64.9 Å². The Balaban J connectivity index is 2.81. The van der Waals surface area contributed by atoms with Gasteiger partial charge in [-0.1, -0.05) is 23.2 Å². The van der Waals surface area contributed by atoms with Crippen molar-refractivity contribution in [2.75, 3.05) is 0 Å². The van der Waals surface area contributed by atoms with Crippen LogP contribution in [0.4, 0.5) is 18.9 Å². The number of alkyl halides is 3. The summed E-state index contributed by atoms with van der Waals surface area (Å²) in [7, 11) is 0.829. The fourth-order valence-electron chi connectivity index (χ4n) is 1.99. The summed E-state index contributed by atoms with van der Waals surface area (Å²) in [5.41, 5.74) is -4.98. The second kappa shape index (κ2) is 5.95. The second-order valence-corrected chi connectivity index (χ2v) is 5.37. The standard InChI is InChI=1S/C12H6Cl2F3N3O4/c1-18-8(12(15,16)17)4-9(21)19(11(18)22)5-2-6(13)10(20(23)24)7(14)3-5/h2-4H,1H3. The van der Waals surface area contributed by atoms with Crippen molar-refractivity contribution in [2.24, 2.45) is 7.05 Å². The molecule has 0 fully saturated rings. The highest BCUT2D eigenvalue weighted by Gasteiger charge is 2.35. The van der Waals surface area contributed by atoms with Gasteiger partial charge in [0.15, 0.2) is 0 Å². The van der Waals surface area contributed by atoms with Crippen LogP contribution in [0.25, 0.3) is 5.69 Å². The summed E-state index contributed by atoms with van der Waals surface area (Å²) < 4.78 is 39.0. The molecule has 0 bridgehead atoms. The summed E-state index contributed by atoms with van der Waals surface area (Å²) in [4.78, 5) is 34.0. The highest BCUT2D eigenvalue weighted by Crippen LogP contribution is 2.34. The molecule has 0 unspecified atom stereocenters. The van der Waals surface area contributed by atoms with E-state index in [9.17, 15) is 32.9 Å². The Kier molecular flexibility index (Phi) is 4.46. The number of nitrogens with zero attached hydrogens (tertiary/aromatic N) is 3. The Hall–Kier alpha value is -2.33. The summed E-state index contributed by atoms with van der Waals surface area (Å²) in [5, 5.41) is 9.86. The van der Waals surface area contributed by atoms with Crippen LogP contribution in [0, 0.1) is 10.1 Å². The van der Waals surface area contributed by atoms with Gasteiger partial charge in [0.05, 0.1) is 10.6 Å². The van der Waals surface area contributed by atoms with E-state index in [0.717, 1.165) is 19.2 Å². The maximum Gasteiger partial charge on any atom is 0.431 e. The first-order chi connectivity index (χ1) is 10.9. The molecule has 0 radical (unpaired) electrons. The van der Waals surface area contributed by atoms with E-state index < -0.39 is 43.8 Å². The van der Waals surface area contributed by atoms with Gasteiger partial charge in [0, 0.05) is 13.1 Å². The fourth-order valence-corrected chi connectivity index (χ4v) is 2.60. The van der Waals surface area contributed by atoms with Crippen LogP contribution in [0.3, 0.4) is 0 Å². The molecule has 1 heterocycles. The average molecular weight is 384 g/mol. The molecule has 1 aromatic carbocycles. The van der Waals surface area contributed by atoms with Gasteiger partial charge >= 0.3 is 17.6 Å². The number of nitro benzene ring substituents is 1. The van der Waals surface area contributed by atoms with E-state index in [2.05, 4.69) is 0 Å². The highest BCUT2D eigenvalue weighted by molar-refractivity contribution is 6.38. The molecule has 0 N–H and O–H groups in total. The van der Waals surface area contributed by atoms with Crippen LogP contribution in [0.2, 0.25) is 10.0 Å². The van der Waals surface area contributed by atoms with E-state index in [1.54, 1.807) is 0 Å². The molecule has 2 aromatic rings. The number of hydrogen-bond donors (Lipinski definition) is 0. The zero-order valence-corrected chi connectivity index (χ0v) is 13.1. The monoisotopic (exact) mass is 383 g/mol. The minimum absolute atomic E-state index is 0.227. The average Bonchev–Trinajstić information content (AvgIpc) is 2.40. The van der Waals surface area contributed by atoms with E-state index in [-0.39, 0.29) is 16.3 Å². The lowest BCUT2D eigenvalue weighted by molar-refractivity contribution is -0.384. The molecular formula is C12H6Cl2F3N3O4. The maximum atomic E-state index is 12.8.